The molecule has 2 aromatic heterocycles. The van der Waals surface area contributed by atoms with Gasteiger partial charge in [0.1, 0.15) is 0 Å². The van der Waals surface area contributed by atoms with E-state index in [1.165, 1.54) is 21.8 Å². The summed E-state index contributed by atoms with van der Waals surface area (Å²) in [6, 6.07) is 19.7. The van der Waals surface area contributed by atoms with Crippen molar-refractivity contribution < 1.29 is 29.3 Å². The molecule has 4 atom stereocenters. The number of aryl methyl sites for hydroxylation is 1. The van der Waals surface area contributed by atoms with Crippen LogP contribution in [0.4, 0.5) is 0 Å². The van der Waals surface area contributed by atoms with Gasteiger partial charge in [-0.25, -0.2) is 0 Å². The van der Waals surface area contributed by atoms with Crippen LogP contribution in [-0.4, -0.2) is 65.8 Å². The van der Waals surface area contributed by atoms with E-state index in [1.54, 1.807) is 25.6 Å². The standard InChI is InChI=1S/C44H53NO6S2/c1-29-8-6-20-43(3)37(35-15-12-31(24-33(46)14-10-29)25-36(35)42(48)40-17-11-30(2)53-40)18-21-44(43,49)28-45(22-19-34-9-7-23-52-34)41(47)27-32-13-16-38(50-4)39(26-32)51-5/h7-9,11-13,15-17,23,25-26,33,37,46,49H,6,10,14,18-22,24,27-28H2,1-5H3. The zero-order chi connectivity index (χ0) is 37.8. The molecule has 282 valence electrons. The average molecular weight is 756 g/mol. The van der Waals surface area contributed by atoms with Gasteiger partial charge in [-0.05, 0) is 130 Å². The van der Waals surface area contributed by atoms with E-state index < -0.39 is 17.1 Å². The third kappa shape index (κ3) is 8.64. The monoisotopic (exact) mass is 755 g/mol. The van der Waals surface area contributed by atoms with Crippen molar-refractivity contribution in [2.45, 2.75) is 96.2 Å². The fraction of sp³-hybridized carbons (Fsp3) is 0.455. The van der Waals surface area contributed by atoms with Crippen LogP contribution in [0.2, 0.25) is 0 Å². The molecule has 7 rings (SSSR count). The van der Waals surface area contributed by atoms with Gasteiger partial charge in [0.05, 0.1) is 37.2 Å². The van der Waals surface area contributed by atoms with Crippen LogP contribution in [0.1, 0.15) is 100.0 Å². The van der Waals surface area contributed by atoms with Crippen LogP contribution in [0.25, 0.3) is 0 Å². The lowest BCUT2D eigenvalue weighted by molar-refractivity contribution is -0.139. The van der Waals surface area contributed by atoms with Gasteiger partial charge in [-0.1, -0.05) is 42.8 Å². The van der Waals surface area contributed by atoms with Gasteiger partial charge in [-0.2, -0.15) is 0 Å². The highest BCUT2D eigenvalue weighted by atomic mass is 32.1. The second-order valence-electron chi connectivity index (χ2n) is 15.2. The van der Waals surface area contributed by atoms with Gasteiger partial charge in [0.2, 0.25) is 11.7 Å². The summed E-state index contributed by atoms with van der Waals surface area (Å²) in [5, 5.41) is 26.1. The van der Waals surface area contributed by atoms with E-state index in [4.69, 9.17) is 9.47 Å². The van der Waals surface area contributed by atoms with E-state index in [0.717, 1.165) is 34.4 Å². The number of aliphatic hydroxyl groups excluding tert-OH is 1. The number of hydrogen-bond donors (Lipinski definition) is 2. The SMILES string of the molecule is COc1ccc(CC(=O)N(CCc2cccs2)CC2(O)CCC3c4ccc(cc4C(=O)c4ccc(C)s4)CC(O)CCC(C)=CCCC32C)cc1OC. The lowest BCUT2D eigenvalue weighted by Gasteiger charge is -2.46. The molecule has 1 amide bonds. The molecule has 1 fully saturated rings. The van der Waals surface area contributed by atoms with Crippen LogP contribution in [0.5, 0.6) is 11.5 Å². The Morgan fingerprint density at radius 3 is 2.51 bits per heavy atom. The van der Waals surface area contributed by atoms with E-state index in [0.29, 0.717) is 67.0 Å². The summed E-state index contributed by atoms with van der Waals surface area (Å²) >= 11 is 3.17. The summed E-state index contributed by atoms with van der Waals surface area (Å²) < 4.78 is 11.0. The van der Waals surface area contributed by atoms with Gasteiger partial charge in [-0.3, -0.25) is 9.59 Å². The molecule has 3 aliphatic carbocycles. The van der Waals surface area contributed by atoms with Crippen LogP contribution >= 0.6 is 22.7 Å². The average Bonchev–Trinajstić information content (AvgIpc) is 3.89. The summed E-state index contributed by atoms with van der Waals surface area (Å²) in [5.74, 6) is 0.977. The Hall–Kier alpha value is -3.76. The van der Waals surface area contributed by atoms with E-state index in [9.17, 15) is 19.8 Å². The highest BCUT2D eigenvalue weighted by Crippen LogP contribution is 2.59. The number of methoxy groups -OCH3 is 2. The number of ketones is 1. The van der Waals surface area contributed by atoms with E-state index >= 15 is 0 Å². The van der Waals surface area contributed by atoms with Crippen molar-refractivity contribution in [2.75, 3.05) is 27.3 Å². The quantitative estimate of drug-likeness (QED) is 0.118. The minimum Gasteiger partial charge on any atom is -0.493 e. The Balaban J connectivity index is 1.38. The van der Waals surface area contributed by atoms with Crippen molar-refractivity contribution >= 4 is 34.4 Å². The minimum absolute atomic E-state index is 0.0160. The van der Waals surface area contributed by atoms with Crippen LogP contribution in [0.3, 0.4) is 0 Å². The zero-order valence-corrected chi connectivity index (χ0v) is 33.3. The highest BCUT2D eigenvalue weighted by molar-refractivity contribution is 7.14. The Morgan fingerprint density at radius 1 is 0.981 bits per heavy atom. The largest absolute Gasteiger partial charge is 0.493 e. The molecule has 9 heteroatoms. The first-order valence-corrected chi connectivity index (χ1v) is 20.4. The number of ether oxygens (including phenoxy) is 2. The molecular formula is C44H53NO6S2. The van der Waals surface area contributed by atoms with Crippen LogP contribution in [-0.2, 0) is 24.1 Å². The molecule has 0 radical (unpaired) electrons. The lowest BCUT2D eigenvalue weighted by Crippen LogP contribution is -2.54. The predicted octanol–water partition coefficient (Wildman–Crippen LogP) is 8.72. The third-order valence-corrected chi connectivity index (χ3v) is 13.6. The Kier molecular flexibility index (Phi) is 12.3. The first-order valence-electron chi connectivity index (χ1n) is 18.7. The minimum atomic E-state index is -1.21. The van der Waals surface area contributed by atoms with Crippen molar-refractivity contribution in [3.05, 3.63) is 115 Å². The fourth-order valence-electron chi connectivity index (χ4n) is 8.47. The van der Waals surface area contributed by atoms with Crippen molar-refractivity contribution in [1.29, 1.82) is 0 Å². The van der Waals surface area contributed by atoms with Gasteiger partial charge >= 0.3 is 0 Å². The predicted molar refractivity (Wildman–Crippen MR) is 214 cm³/mol. The molecule has 7 nitrogen and oxygen atoms in total. The second kappa shape index (κ2) is 16.7. The number of allylic oxidation sites excluding steroid dienone is 2. The smallest absolute Gasteiger partial charge is 0.227 e. The van der Waals surface area contributed by atoms with E-state index in [1.807, 2.05) is 59.7 Å². The fourth-order valence-corrected chi connectivity index (χ4v) is 9.99. The molecule has 2 aromatic carbocycles. The van der Waals surface area contributed by atoms with Gasteiger partial charge in [0.25, 0.3) is 0 Å². The lowest BCUT2D eigenvalue weighted by atomic mass is 9.64. The van der Waals surface area contributed by atoms with Gasteiger partial charge in [0, 0.05) is 33.8 Å². The van der Waals surface area contributed by atoms with Gasteiger partial charge in [0.15, 0.2) is 11.5 Å². The molecule has 1 saturated carbocycles. The zero-order valence-electron chi connectivity index (χ0n) is 31.7. The Labute approximate surface area is 322 Å². The third-order valence-electron chi connectivity index (χ3n) is 11.7. The molecule has 4 unspecified atom stereocenters. The molecule has 0 saturated heterocycles. The normalized spacial score (nSPS) is 23.2. The summed E-state index contributed by atoms with van der Waals surface area (Å²) in [7, 11) is 3.18. The molecule has 2 heterocycles. The number of hydrogen-bond acceptors (Lipinski definition) is 8. The maximum absolute atomic E-state index is 14.3. The number of nitrogens with zero attached hydrogens (tertiary/aromatic N) is 1. The molecule has 4 aromatic rings. The summed E-state index contributed by atoms with van der Waals surface area (Å²) in [6.45, 7) is 6.97. The molecule has 2 N–H and O–H groups in total. The summed E-state index contributed by atoms with van der Waals surface area (Å²) in [6.07, 6.45) is 7.12. The van der Waals surface area contributed by atoms with Gasteiger partial charge < -0.3 is 24.6 Å². The second-order valence-corrected chi connectivity index (χ2v) is 17.5. The molecule has 0 aliphatic heterocycles. The number of fused-ring (bicyclic) bond motifs is 8. The van der Waals surface area contributed by atoms with Crippen LogP contribution in [0, 0.1) is 12.3 Å². The number of amides is 1. The van der Waals surface area contributed by atoms with Crippen molar-refractivity contribution in [3.63, 3.8) is 0 Å². The maximum Gasteiger partial charge on any atom is 0.227 e. The number of aliphatic hydroxyl groups is 2. The van der Waals surface area contributed by atoms with Crippen molar-refractivity contribution in [1.82, 2.24) is 4.90 Å². The number of rotatable bonds is 11. The number of thiophene rings is 2. The number of carbonyl (C=O) groups excluding carboxylic acids is 2. The van der Waals surface area contributed by atoms with E-state index in [2.05, 4.69) is 38.1 Å². The highest BCUT2D eigenvalue weighted by Gasteiger charge is 2.57. The van der Waals surface area contributed by atoms with Crippen LogP contribution < -0.4 is 9.47 Å². The van der Waals surface area contributed by atoms with Crippen molar-refractivity contribution in [3.8, 4) is 11.5 Å². The molecule has 53 heavy (non-hydrogen) atoms. The first kappa shape index (κ1) is 38.9. The number of benzene rings is 2. The Bertz CT molecular complexity index is 1930. The molecular weight excluding hydrogens is 703 g/mol. The molecule has 3 aliphatic rings. The summed E-state index contributed by atoms with van der Waals surface area (Å²) in [5.41, 5.74) is 2.70. The van der Waals surface area contributed by atoms with Crippen molar-refractivity contribution in [2.24, 2.45) is 5.41 Å². The van der Waals surface area contributed by atoms with E-state index in [-0.39, 0.29) is 30.6 Å². The number of carbonyl (C=O) groups is 2. The first-order chi connectivity index (χ1) is 25.4. The van der Waals surface area contributed by atoms with Gasteiger partial charge in [-0.15, -0.1) is 22.7 Å². The Morgan fingerprint density at radius 2 is 1.79 bits per heavy atom. The molecule has 0 spiro atoms. The topological polar surface area (TPSA) is 96.3 Å². The summed E-state index contributed by atoms with van der Waals surface area (Å²) in [4.78, 5) is 33.5. The van der Waals surface area contributed by atoms with Crippen LogP contribution in [0.15, 0.2) is 77.7 Å². The molecule has 2 bridgehead atoms. The maximum atomic E-state index is 14.3.